The summed E-state index contributed by atoms with van der Waals surface area (Å²) in [7, 11) is 0. The first-order valence-electron chi connectivity index (χ1n) is 6.51. The number of aliphatic hydroxyl groups is 1. The average Bonchev–Trinajstić information content (AvgIpc) is 2.31. The van der Waals surface area contributed by atoms with E-state index in [0.29, 0.717) is 12.0 Å². The van der Waals surface area contributed by atoms with Crippen molar-refractivity contribution in [3.05, 3.63) is 34.1 Å². The highest BCUT2D eigenvalue weighted by Gasteiger charge is 2.21. The number of aryl methyl sites for hydroxylation is 1. The van der Waals surface area contributed by atoms with Gasteiger partial charge in [-0.1, -0.05) is 32.4 Å². The van der Waals surface area contributed by atoms with Crippen molar-refractivity contribution in [1.82, 2.24) is 5.32 Å². The molecule has 2 N–H and O–H groups in total. The summed E-state index contributed by atoms with van der Waals surface area (Å²) in [5, 5.41) is 12.1. The molecule has 0 radical (unpaired) electrons. The fourth-order valence-electron chi connectivity index (χ4n) is 1.99. The van der Waals surface area contributed by atoms with E-state index in [4.69, 9.17) is 11.6 Å². The fraction of sp³-hybridized carbons (Fsp3) is 0.533. The molecule has 20 heavy (non-hydrogen) atoms. The normalized spacial score (nSPS) is 13.2. The first-order valence-corrected chi connectivity index (χ1v) is 6.89. The molecule has 1 aromatic rings. The summed E-state index contributed by atoms with van der Waals surface area (Å²) in [5.74, 6) is -0.846. The predicted octanol–water partition coefficient (Wildman–Crippen LogP) is 3.31. The Morgan fingerprint density at radius 2 is 2.05 bits per heavy atom. The van der Waals surface area contributed by atoms with Gasteiger partial charge in [-0.2, -0.15) is 0 Å². The van der Waals surface area contributed by atoms with E-state index in [1.807, 2.05) is 20.8 Å². The molecule has 1 atom stereocenters. The standard InChI is InChI=1S/C15H21ClFNO2/c1-9-5-11(12(16)6-13(9)17)14(20)18-10(8-19)7-15(2,3)4/h5-6,10,19H,7-8H2,1-4H3,(H,18,20). The number of aliphatic hydroxyl groups excluding tert-OH is 1. The molecule has 5 heteroatoms. The van der Waals surface area contributed by atoms with Gasteiger partial charge in [0.2, 0.25) is 0 Å². The number of hydrogen-bond acceptors (Lipinski definition) is 2. The van der Waals surface area contributed by atoms with Crippen LogP contribution in [-0.4, -0.2) is 23.7 Å². The molecule has 0 saturated carbocycles. The van der Waals surface area contributed by atoms with E-state index in [1.165, 1.54) is 6.07 Å². The molecule has 0 aliphatic heterocycles. The molecule has 3 nitrogen and oxygen atoms in total. The second kappa shape index (κ2) is 6.55. The van der Waals surface area contributed by atoms with E-state index in [0.717, 1.165) is 6.07 Å². The Morgan fingerprint density at radius 1 is 1.45 bits per heavy atom. The first kappa shape index (κ1) is 16.9. The minimum atomic E-state index is -0.444. The van der Waals surface area contributed by atoms with Crippen LogP contribution in [0, 0.1) is 18.2 Å². The average molecular weight is 302 g/mol. The number of carbonyl (C=O) groups excluding carboxylic acids is 1. The summed E-state index contributed by atoms with van der Waals surface area (Å²) < 4.78 is 13.3. The summed E-state index contributed by atoms with van der Waals surface area (Å²) in [6.07, 6.45) is 0.632. The Bertz CT molecular complexity index is 497. The van der Waals surface area contributed by atoms with Crippen LogP contribution in [0.3, 0.4) is 0 Å². The minimum absolute atomic E-state index is 0.0246. The molecule has 0 fully saturated rings. The van der Waals surface area contributed by atoms with Crippen LogP contribution < -0.4 is 5.32 Å². The smallest absolute Gasteiger partial charge is 0.253 e. The highest BCUT2D eigenvalue weighted by Crippen LogP contribution is 2.23. The summed E-state index contributed by atoms with van der Waals surface area (Å²) >= 11 is 5.89. The van der Waals surface area contributed by atoms with Crippen LogP contribution in [-0.2, 0) is 0 Å². The zero-order chi connectivity index (χ0) is 15.5. The highest BCUT2D eigenvalue weighted by molar-refractivity contribution is 6.33. The molecule has 0 aromatic heterocycles. The second-order valence-corrected chi connectivity index (χ2v) is 6.61. The van der Waals surface area contributed by atoms with Gasteiger partial charge in [0.15, 0.2) is 0 Å². The maximum absolute atomic E-state index is 13.3. The quantitative estimate of drug-likeness (QED) is 0.896. The van der Waals surface area contributed by atoms with Crippen molar-refractivity contribution >= 4 is 17.5 Å². The van der Waals surface area contributed by atoms with Crippen LogP contribution >= 0.6 is 11.6 Å². The summed E-state index contributed by atoms with van der Waals surface area (Å²) in [6.45, 7) is 7.49. The number of amides is 1. The Kier molecular flexibility index (Phi) is 5.54. The van der Waals surface area contributed by atoms with Gasteiger partial charge < -0.3 is 10.4 Å². The Labute approximate surface area is 124 Å². The lowest BCUT2D eigenvalue weighted by Gasteiger charge is -2.25. The monoisotopic (exact) mass is 301 g/mol. The van der Waals surface area contributed by atoms with Gasteiger partial charge in [0.1, 0.15) is 5.82 Å². The number of benzene rings is 1. The fourth-order valence-corrected chi connectivity index (χ4v) is 2.23. The van der Waals surface area contributed by atoms with Crippen molar-refractivity contribution in [1.29, 1.82) is 0 Å². The molecule has 1 unspecified atom stereocenters. The van der Waals surface area contributed by atoms with Gasteiger partial charge in [-0.25, -0.2) is 4.39 Å². The molecule has 0 spiro atoms. The van der Waals surface area contributed by atoms with Crippen molar-refractivity contribution in [3.8, 4) is 0 Å². The number of carbonyl (C=O) groups is 1. The molecule has 0 saturated heterocycles. The molecule has 1 amide bonds. The number of hydrogen-bond donors (Lipinski definition) is 2. The molecular formula is C15H21ClFNO2. The Balaban J connectivity index is 2.87. The molecule has 1 rings (SSSR count). The summed E-state index contributed by atoms with van der Waals surface area (Å²) in [5.41, 5.74) is 0.553. The van der Waals surface area contributed by atoms with Crippen molar-refractivity contribution < 1.29 is 14.3 Å². The SMILES string of the molecule is Cc1cc(C(=O)NC(CO)CC(C)(C)C)c(Cl)cc1F. The van der Waals surface area contributed by atoms with E-state index in [9.17, 15) is 14.3 Å². The van der Waals surface area contributed by atoms with Crippen molar-refractivity contribution in [2.24, 2.45) is 5.41 Å². The van der Waals surface area contributed by atoms with Gasteiger partial charge in [0, 0.05) is 0 Å². The topological polar surface area (TPSA) is 49.3 Å². The Morgan fingerprint density at radius 3 is 2.55 bits per heavy atom. The van der Waals surface area contributed by atoms with E-state index in [1.54, 1.807) is 6.92 Å². The lowest BCUT2D eigenvalue weighted by molar-refractivity contribution is 0.0897. The zero-order valence-corrected chi connectivity index (χ0v) is 13.0. The van der Waals surface area contributed by atoms with Gasteiger partial charge >= 0.3 is 0 Å². The van der Waals surface area contributed by atoms with E-state index < -0.39 is 11.7 Å². The number of halogens is 2. The van der Waals surface area contributed by atoms with E-state index >= 15 is 0 Å². The van der Waals surface area contributed by atoms with Crippen LogP contribution in [0.15, 0.2) is 12.1 Å². The molecule has 0 heterocycles. The van der Waals surface area contributed by atoms with E-state index in [2.05, 4.69) is 5.32 Å². The van der Waals surface area contributed by atoms with Gasteiger partial charge in [0.05, 0.1) is 23.2 Å². The highest BCUT2D eigenvalue weighted by atomic mass is 35.5. The van der Waals surface area contributed by atoms with Crippen LogP contribution in [0.2, 0.25) is 5.02 Å². The van der Waals surface area contributed by atoms with Crippen LogP contribution in [0.4, 0.5) is 4.39 Å². The maximum Gasteiger partial charge on any atom is 0.253 e. The van der Waals surface area contributed by atoms with Crippen molar-refractivity contribution in [3.63, 3.8) is 0 Å². The van der Waals surface area contributed by atoms with Crippen molar-refractivity contribution in [2.75, 3.05) is 6.61 Å². The zero-order valence-electron chi connectivity index (χ0n) is 12.3. The lowest BCUT2D eigenvalue weighted by atomic mass is 9.88. The summed E-state index contributed by atoms with van der Waals surface area (Å²) in [4.78, 5) is 12.2. The van der Waals surface area contributed by atoms with Gasteiger partial charge in [0.25, 0.3) is 5.91 Å². The molecular weight excluding hydrogens is 281 g/mol. The minimum Gasteiger partial charge on any atom is -0.394 e. The third-order valence-corrected chi connectivity index (χ3v) is 3.22. The van der Waals surface area contributed by atoms with Crippen LogP contribution in [0.5, 0.6) is 0 Å². The van der Waals surface area contributed by atoms with Crippen LogP contribution in [0.25, 0.3) is 0 Å². The Hall–Kier alpha value is -1.13. The number of rotatable bonds is 4. The lowest BCUT2D eigenvalue weighted by Crippen LogP contribution is -2.40. The molecule has 0 aliphatic carbocycles. The molecule has 1 aromatic carbocycles. The number of nitrogens with one attached hydrogen (secondary N) is 1. The molecule has 112 valence electrons. The largest absolute Gasteiger partial charge is 0.394 e. The maximum atomic E-state index is 13.3. The third kappa shape index (κ3) is 4.76. The molecule has 0 bridgehead atoms. The third-order valence-electron chi connectivity index (χ3n) is 2.91. The molecule has 0 aliphatic rings. The van der Waals surface area contributed by atoms with E-state index in [-0.39, 0.29) is 28.6 Å². The predicted molar refractivity (Wildman–Crippen MR) is 78.6 cm³/mol. The van der Waals surface area contributed by atoms with Crippen LogP contribution in [0.1, 0.15) is 43.1 Å². The van der Waals surface area contributed by atoms with Crippen molar-refractivity contribution in [2.45, 2.75) is 40.2 Å². The summed E-state index contributed by atoms with van der Waals surface area (Å²) in [6, 6.07) is 2.19. The first-order chi connectivity index (χ1) is 9.14. The second-order valence-electron chi connectivity index (χ2n) is 6.20. The van der Waals surface area contributed by atoms with Gasteiger partial charge in [-0.15, -0.1) is 0 Å². The van der Waals surface area contributed by atoms with Gasteiger partial charge in [-0.3, -0.25) is 4.79 Å². The van der Waals surface area contributed by atoms with Gasteiger partial charge in [-0.05, 0) is 36.5 Å².